The van der Waals surface area contributed by atoms with Crippen LogP contribution in [-0.4, -0.2) is 20.4 Å². The Morgan fingerprint density at radius 2 is 1.93 bits per heavy atom. The number of thiazole rings is 1. The number of hydrogen-bond donors (Lipinski definition) is 1. The molecule has 1 aromatic carbocycles. The number of benzene rings is 1. The number of nitrogens with one attached hydrogen (secondary N) is 1. The van der Waals surface area contributed by atoms with Gasteiger partial charge in [0.05, 0.1) is 11.7 Å². The van der Waals surface area contributed by atoms with E-state index in [4.69, 9.17) is 11.6 Å². The smallest absolute Gasteiger partial charge is 0.262 e. The van der Waals surface area contributed by atoms with Gasteiger partial charge in [0, 0.05) is 40.4 Å². The Balaban J connectivity index is 1.37. The van der Waals surface area contributed by atoms with E-state index >= 15 is 0 Å². The Bertz CT molecular complexity index is 1270. The Morgan fingerprint density at radius 1 is 1.17 bits per heavy atom. The average molecular weight is 459 g/mol. The van der Waals surface area contributed by atoms with Gasteiger partial charge in [0.15, 0.2) is 5.13 Å². The number of halogens is 1. The maximum atomic E-state index is 12.7. The molecule has 0 spiro atoms. The third kappa shape index (κ3) is 4.45. The molecule has 154 valence electrons. The van der Waals surface area contributed by atoms with Gasteiger partial charge < -0.3 is 5.32 Å². The lowest BCUT2D eigenvalue weighted by Gasteiger charge is -2.05. The van der Waals surface area contributed by atoms with Crippen molar-refractivity contribution in [1.82, 2.24) is 14.5 Å². The molecule has 0 saturated carbocycles. The molecule has 3 heterocycles. The first-order valence-corrected chi connectivity index (χ1v) is 11.4. The Hall–Kier alpha value is -2.55. The summed E-state index contributed by atoms with van der Waals surface area (Å²) in [5.41, 5.74) is 1.98. The molecule has 0 fully saturated rings. The molecule has 0 radical (unpaired) electrons. The van der Waals surface area contributed by atoms with E-state index in [1.807, 2.05) is 38.1 Å². The number of carbonyl (C=O) groups is 1. The largest absolute Gasteiger partial charge is 0.302 e. The molecule has 4 aromatic rings. The number of nitrogens with zero attached hydrogens (tertiary/aromatic N) is 3. The van der Waals surface area contributed by atoms with Crippen molar-refractivity contribution in [3.63, 3.8) is 0 Å². The first-order chi connectivity index (χ1) is 14.4. The van der Waals surface area contributed by atoms with Gasteiger partial charge in [-0.1, -0.05) is 23.7 Å². The van der Waals surface area contributed by atoms with Crippen molar-refractivity contribution in [2.45, 2.75) is 33.2 Å². The van der Waals surface area contributed by atoms with E-state index < -0.39 is 0 Å². The normalized spacial score (nSPS) is 11.2. The van der Waals surface area contributed by atoms with Crippen molar-refractivity contribution in [2.24, 2.45) is 0 Å². The van der Waals surface area contributed by atoms with E-state index in [-0.39, 0.29) is 24.4 Å². The molecule has 4 rings (SSSR count). The summed E-state index contributed by atoms with van der Waals surface area (Å²) in [4.78, 5) is 36.6. The highest BCUT2D eigenvalue weighted by molar-refractivity contribution is 7.18. The van der Waals surface area contributed by atoms with Crippen molar-refractivity contribution in [1.29, 1.82) is 0 Å². The van der Waals surface area contributed by atoms with Gasteiger partial charge in [0.2, 0.25) is 5.91 Å². The number of thiophene rings is 1. The average Bonchev–Trinajstić information content (AvgIpc) is 3.27. The number of anilines is 1. The van der Waals surface area contributed by atoms with Crippen molar-refractivity contribution in [3.05, 3.63) is 73.0 Å². The molecule has 0 saturated heterocycles. The molecule has 0 bridgehead atoms. The number of rotatable bonds is 6. The molecule has 0 aliphatic carbocycles. The van der Waals surface area contributed by atoms with Crippen LogP contribution in [0.25, 0.3) is 10.2 Å². The summed E-state index contributed by atoms with van der Waals surface area (Å²) in [7, 11) is 0. The molecule has 0 unspecified atom stereocenters. The number of aryl methyl sites for hydroxylation is 3. The Morgan fingerprint density at radius 3 is 2.70 bits per heavy atom. The van der Waals surface area contributed by atoms with Gasteiger partial charge in [-0.25, -0.2) is 9.97 Å². The number of hydrogen-bond acceptors (Lipinski definition) is 6. The minimum Gasteiger partial charge on any atom is -0.302 e. The minimum absolute atomic E-state index is 0.103. The third-order valence-corrected chi connectivity index (χ3v) is 7.11. The highest BCUT2D eigenvalue weighted by atomic mass is 35.5. The Labute approximate surface area is 186 Å². The van der Waals surface area contributed by atoms with Crippen LogP contribution in [0.2, 0.25) is 5.02 Å². The van der Waals surface area contributed by atoms with Crippen LogP contribution >= 0.6 is 34.3 Å². The number of amides is 1. The van der Waals surface area contributed by atoms with Crippen LogP contribution in [0.15, 0.2) is 41.6 Å². The van der Waals surface area contributed by atoms with Gasteiger partial charge in [-0.15, -0.1) is 22.7 Å². The van der Waals surface area contributed by atoms with Crippen molar-refractivity contribution >= 4 is 55.5 Å². The van der Waals surface area contributed by atoms with E-state index in [0.717, 1.165) is 32.1 Å². The van der Waals surface area contributed by atoms with Gasteiger partial charge in [-0.2, -0.15) is 0 Å². The maximum absolute atomic E-state index is 12.7. The summed E-state index contributed by atoms with van der Waals surface area (Å²) in [5, 5.41) is 4.71. The molecule has 0 aliphatic heterocycles. The molecule has 9 heteroatoms. The zero-order valence-corrected chi connectivity index (χ0v) is 18.8. The number of carbonyl (C=O) groups excluding carboxylic acids is 1. The lowest BCUT2D eigenvalue weighted by Crippen LogP contribution is -2.23. The van der Waals surface area contributed by atoms with Crippen LogP contribution < -0.4 is 10.9 Å². The second-order valence-corrected chi connectivity index (χ2v) is 9.69. The van der Waals surface area contributed by atoms with Crippen LogP contribution in [-0.2, 0) is 17.8 Å². The second kappa shape index (κ2) is 8.67. The van der Waals surface area contributed by atoms with E-state index in [0.29, 0.717) is 15.5 Å². The van der Waals surface area contributed by atoms with Gasteiger partial charge >= 0.3 is 0 Å². The lowest BCUT2D eigenvalue weighted by molar-refractivity contribution is -0.116. The highest BCUT2D eigenvalue weighted by Gasteiger charge is 2.13. The third-order valence-electron chi connectivity index (χ3n) is 4.83. The molecular formula is C21H19ClN4O2S2. The fraction of sp³-hybridized carbons (Fsp3) is 0.238. The molecule has 1 amide bonds. The molecule has 30 heavy (non-hydrogen) atoms. The van der Waals surface area contributed by atoms with Crippen LogP contribution in [0.4, 0.5) is 5.13 Å². The van der Waals surface area contributed by atoms with Gasteiger partial charge in [0.1, 0.15) is 4.83 Å². The first kappa shape index (κ1) is 20.7. The van der Waals surface area contributed by atoms with E-state index in [9.17, 15) is 9.59 Å². The van der Waals surface area contributed by atoms with E-state index in [2.05, 4.69) is 15.3 Å². The summed E-state index contributed by atoms with van der Waals surface area (Å²) in [6.45, 7) is 4.18. The van der Waals surface area contributed by atoms with E-state index in [1.54, 1.807) is 6.20 Å². The molecule has 0 atom stereocenters. The number of fused-ring (bicyclic) bond motifs is 1. The monoisotopic (exact) mass is 458 g/mol. The number of aromatic nitrogens is 3. The molecule has 1 N–H and O–H groups in total. The predicted octanol–water partition coefficient (Wildman–Crippen LogP) is 4.80. The predicted molar refractivity (Wildman–Crippen MR) is 123 cm³/mol. The van der Waals surface area contributed by atoms with Crippen molar-refractivity contribution in [2.75, 3.05) is 5.32 Å². The fourth-order valence-electron chi connectivity index (χ4n) is 3.08. The van der Waals surface area contributed by atoms with Gasteiger partial charge in [-0.3, -0.25) is 14.2 Å². The Kier molecular flexibility index (Phi) is 5.99. The zero-order valence-electron chi connectivity index (χ0n) is 16.4. The quantitative estimate of drug-likeness (QED) is 0.450. The van der Waals surface area contributed by atoms with Gasteiger partial charge in [-0.05, 0) is 37.1 Å². The van der Waals surface area contributed by atoms with Crippen LogP contribution in [0.3, 0.4) is 0 Å². The SMILES string of the molecule is Cc1sc2ncn(CCC(=O)Nc3ncc(Cc4ccc(Cl)cc4)s3)c(=O)c2c1C. The first-order valence-electron chi connectivity index (χ1n) is 9.35. The van der Waals surface area contributed by atoms with Crippen molar-refractivity contribution in [3.8, 4) is 0 Å². The standard InChI is InChI=1S/C21H19ClN4O2S2/c1-12-13(2)29-19-18(12)20(28)26(11-24-19)8-7-17(27)25-21-23-10-16(30-21)9-14-3-5-15(22)6-4-14/h3-6,10-11H,7-9H2,1-2H3,(H,23,25,27). The minimum atomic E-state index is -0.187. The summed E-state index contributed by atoms with van der Waals surface area (Å²) >= 11 is 8.87. The molecule has 0 aliphatic rings. The molecule has 6 nitrogen and oxygen atoms in total. The topological polar surface area (TPSA) is 76.9 Å². The second-order valence-electron chi connectivity index (χ2n) is 6.94. The van der Waals surface area contributed by atoms with Crippen molar-refractivity contribution < 1.29 is 4.79 Å². The lowest BCUT2D eigenvalue weighted by atomic mass is 10.1. The molecule has 3 aromatic heterocycles. The van der Waals surface area contributed by atoms with Crippen LogP contribution in [0.1, 0.15) is 27.3 Å². The summed E-state index contributed by atoms with van der Waals surface area (Å²) in [6.07, 6.45) is 4.17. The van der Waals surface area contributed by atoms with Crippen LogP contribution in [0, 0.1) is 13.8 Å². The highest BCUT2D eigenvalue weighted by Crippen LogP contribution is 2.25. The maximum Gasteiger partial charge on any atom is 0.262 e. The zero-order chi connectivity index (χ0) is 21.3. The molecular weight excluding hydrogens is 440 g/mol. The summed E-state index contributed by atoms with van der Waals surface area (Å²) in [5.74, 6) is -0.187. The summed E-state index contributed by atoms with van der Waals surface area (Å²) in [6, 6.07) is 7.65. The fourth-order valence-corrected chi connectivity index (χ4v) is 5.06. The van der Waals surface area contributed by atoms with E-state index in [1.165, 1.54) is 33.6 Å². The van der Waals surface area contributed by atoms with Crippen LogP contribution in [0.5, 0.6) is 0 Å². The van der Waals surface area contributed by atoms with Gasteiger partial charge in [0.25, 0.3) is 5.56 Å². The summed E-state index contributed by atoms with van der Waals surface area (Å²) < 4.78 is 1.49.